The highest BCUT2D eigenvalue weighted by atomic mass is 19.1. The molecule has 0 aliphatic carbocycles. The Morgan fingerprint density at radius 3 is 2.01 bits per heavy atom. The molecule has 1 amide bonds. The van der Waals surface area contributed by atoms with E-state index in [1.807, 2.05) is 48.5 Å². The van der Waals surface area contributed by atoms with E-state index in [0.29, 0.717) is 60.9 Å². The number of fused-ring (bicyclic) bond motifs is 1. The van der Waals surface area contributed by atoms with Gasteiger partial charge in [-0.1, -0.05) is 72.8 Å². The van der Waals surface area contributed by atoms with Crippen LogP contribution in [0.25, 0.3) is 0 Å². The van der Waals surface area contributed by atoms with Crippen LogP contribution in [0.4, 0.5) is 25.4 Å². The second-order valence-electron chi connectivity index (χ2n) is 17.7. The van der Waals surface area contributed by atoms with E-state index in [9.17, 15) is 14.0 Å². The molecular weight excluding hydrogens is 954 g/mol. The molecule has 0 saturated carbocycles. The van der Waals surface area contributed by atoms with Crippen LogP contribution < -0.4 is 19.3 Å². The van der Waals surface area contributed by atoms with E-state index in [0.717, 1.165) is 47.6 Å². The number of hydrogen-bond acceptors (Lipinski definition) is 19. The Hall–Kier alpha value is -6.63. The monoisotopic (exact) mass is 1010 g/mol. The van der Waals surface area contributed by atoms with Crippen LogP contribution in [0.1, 0.15) is 52.1 Å². The Balaban J connectivity index is 1.03. The number of piperidine rings is 1. The molecule has 20 nitrogen and oxygen atoms in total. The second kappa shape index (κ2) is 25.8. The van der Waals surface area contributed by atoms with E-state index in [4.69, 9.17) is 54.0 Å². The Morgan fingerprint density at radius 2 is 1.36 bits per heavy atom. The highest BCUT2D eigenvalue weighted by Crippen LogP contribution is 2.37. The highest BCUT2D eigenvalue weighted by molar-refractivity contribution is 5.68. The summed E-state index contributed by atoms with van der Waals surface area (Å²) in [5, 5.41) is 34.9. The number of anilines is 2. The van der Waals surface area contributed by atoms with Crippen molar-refractivity contribution in [1.82, 2.24) is 15.7 Å². The molecule has 4 unspecified atom stereocenters. The third kappa shape index (κ3) is 15.2. The number of ether oxygens (including phenoxy) is 7. The van der Waals surface area contributed by atoms with Crippen molar-refractivity contribution in [3.05, 3.63) is 154 Å². The quantitative estimate of drug-likeness (QED) is 0.0296. The molecule has 0 bridgehead atoms. The minimum atomic E-state index is -1.01. The van der Waals surface area contributed by atoms with Gasteiger partial charge in [-0.15, -0.1) is 0 Å². The summed E-state index contributed by atoms with van der Waals surface area (Å²) >= 11 is 0. The molecule has 0 spiro atoms. The van der Waals surface area contributed by atoms with Gasteiger partial charge in [-0.3, -0.25) is 20.8 Å². The predicted molar refractivity (Wildman–Crippen MR) is 256 cm³/mol. The standard InChI is InChI=1S/C52H60FN5O15/c1-65-24-3-21-54-23-25-66-47-19-14-40(26-46(47)54)33-67-48-29-56(51(59)68-31-36-6-10-38(11-7-36)34-70-57(61)62)30-49(73-52(60)69-32-37-8-12-39(13-9-37)35-71-58(63)64)50(48)41-15-17-44(18-16-41)72-45-20-22-55(28-45)43-5-2-4-42(53)27-43/h2,4-19,26-27,45,48-50,61-64H,3,20-25,28-35H2,1H3. The Kier molecular flexibility index (Phi) is 18.7. The highest BCUT2D eigenvalue weighted by Gasteiger charge is 2.43. The van der Waals surface area contributed by atoms with Crippen molar-refractivity contribution in [3.63, 3.8) is 0 Å². The molecule has 0 radical (unpaired) electrons. The lowest BCUT2D eigenvalue weighted by atomic mass is 9.84. The number of carbonyl (C=O) groups is 2. The fourth-order valence-corrected chi connectivity index (χ4v) is 9.02. The van der Waals surface area contributed by atoms with Crippen LogP contribution in [0.3, 0.4) is 0 Å². The lowest BCUT2D eigenvalue weighted by Gasteiger charge is -2.42. The molecule has 3 aliphatic rings. The van der Waals surface area contributed by atoms with Crippen LogP contribution in [0.5, 0.6) is 11.5 Å². The van der Waals surface area contributed by atoms with Crippen molar-refractivity contribution < 1.29 is 77.6 Å². The summed E-state index contributed by atoms with van der Waals surface area (Å²) < 4.78 is 56.2. The number of carbonyl (C=O) groups excluding carboxylic acids is 2. The summed E-state index contributed by atoms with van der Waals surface area (Å²) in [6, 6.07) is 33.4. The molecule has 3 heterocycles. The molecule has 73 heavy (non-hydrogen) atoms. The number of methoxy groups -OCH3 is 1. The first kappa shape index (κ1) is 52.7. The number of nitrogens with zero attached hydrogens (tertiary/aromatic N) is 5. The van der Waals surface area contributed by atoms with Crippen LogP contribution in [0, 0.1) is 5.82 Å². The van der Waals surface area contributed by atoms with Crippen molar-refractivity contribution >= 4 is 23.6 Å². The average molecular weight is 1010 g/mol. The van der Waals surface area contributed by atoms with Gasteiger partial charge in [0.25, 0.3) is 0 Å². The zero-order chi connectivity index (χ0) is 51.1. The number of halogens is 1. The maximum absolute atomic E-state index is 14.1. The van der Waals surface area contributed by atoms with Crippen molar-refractivity contribution in [3.8, 4) is 11.5 Å². The molecule has 390 valence electrons. The van der Waals surface area contributed by atoms with Gasteiger partial charge < -0.3 is 47.9 Å². The van der Waals surface area contributed by atoms with E-state index in [-0.39, 0.29) is 68.8 Å². The van der Waals surface area contributed by atoms with Crippen molar-refractivity contribution in [1.29, 1.82) is 0 Å². The van der Waals surface area contributed by atoms with Gasteiger partial charge in [0, 0.05) is 38.9 Å². The minimum absolute atomic E-state index is 0.0569. The van der Waals surface area contributed by atoms with Gasteiger partial charge in [0.15, 0.2) is 0 Å². The molecule has 4 atom stereocenters. The number of rotatable bonds is 22. The summed E-state index contributed by atoms with van der Waals surface area (Å²) in [4.78, 5) is 43.0. The fraction of sp³-hybridized carbons (Fsp3) is 0.385. The smallest absolute Gasteiger partial charge is 0.490 e. The van der Waals surface area contributed by atoms with E-state index in [1.165, 1.54) is 17.0 Å². The SMILES string of the molecule is COCCCN1CCOc2ccc(COC3CN(C(=O)OCc4ccc(CON(O)O)cc4)CC(OC(=O)OCc4ccc(CON(O)O)cc4)C3c3ccc(OC4CCN(c5cccc(F)c5)C4)cc3)cc21. The predicted octanol–water partition coefficient (Wildman–Crippen LogP) is 7.79. The molecule has 4 N–H and O–H groups in total. The third-order valence-corrected chi connectivity index (χ3v) is 12.7. The molecule has 3 aliphatic heterocycles. The van der Waals surface area contributed by atoms with Gasteiger partial charge >= 0.3 is 12.2 Å². The van der Waals surface area contributed by atoms with Gasteiger partial charge in [0.05, 0.1) is 74.5 Å². The lowest BCUT2D eigenvalue weighted by Crippen LogP contribution is -2.55. The molecule has 2 fully saturated rings. The third-order valence-electron chi connectivity index (χ3n) is 12.7. The van der Waals surface area contributed by atoms with E-state index in [2.05, 4.69) is 19.5 Å². The van der Waals surface area contributed by atoms with Crippen molar-refractivity contribution in [2.45, 2.75) is 70.1 Å². The van der Waals surface area contributed by atoms with Crippen molar-refractivity contribution in [2.75, 3.05) is 69.4 Å². The molecule has 5 aromatic rings. The first-order valence-corrected chi connectivity index (χ1v) is 23.9. The lowest BCUT2D eigenvalue weighted by molar-refractivity contribution is -0.497. The van der Waals surface area contributed by atoms with E-state index >= 15 is 0 Å². The van der Waals surface area contributed by atoms with Crippen LogP contribution in [-0.2, 0) is 66.4 Å². The normalized spacial score (nSPS) is 18.7. The average Bonchev–Trinajstić information content (AvgIpc) is 3.87. The van der Waals surface area contributed by atoms with Crippen LogP contribution in [0.2, 0.25) is 0 Å². The van der Waals surface area contributed by atoms with E-state index in [1.54, 1.807) is 61.7 Å². The Morgan fingerprint density at radius 1 is 0.712 bits per heavy atom. The molecular formula is C52H60FN5O15. The summed E-state index contributed by atoms with van der Waals surface area (Å²) in [6.07, 6.45) is -2.02. The zero-order valence-electron chi connectivity index (χ0n) is 40.3. The Bertz CT molecular complexity index is 2540. The van der Waals surface area contributed by atoms with Crippen molar-refractivity contribution in [2.24, 2.45) is 0 Å². The Labute approximate surface area is 421 Å². The molecule has 0 aromatic heterocycles. The fourth-order valence-electron chi connectivity index (χ4n) is 9.02. The van der Waals surface area contributed by atoms with Gasteiger partial charge in [0.1, 0.15) is 49.3 Å². The number of likely N-dealkylation sites (tertiary alicyclic amines) is 1. The van der Waals surface area contributed by atoms with Gasteiger partial charge in [-0.05, 0) is 82.3 Å². The summed E-state index contributed by atoms with van der Waals surface area (Å²) in [5.41, 5.74) is 5.85. The number of benzene rings is 5. The topological polar surface area (TPSA) is 214 Å². The molecule has 2 saturated heterocycles. The maximum Gasteiger partial charge on any atom is 0.508 e. The van der Waals surface area contributed by atoms with E-state index < -0.39 is 30.4 Å². The first-order valence-electron chi connectivity index (χ1n) is 23.9. The summed E-state index contributed by atoms with van der Waals surface area (Å²) in [5.74, 6) is 0.445. The number of hydrogen-bond donors (Lipinski definition) is 4. The first-order chi connectivity index (χ1) is 35.5. The maximum atomic E-state index is 14.1. The van der Waals surface area contributed by atoms with Crippen LogP contribution >= 0.6 is 0 Å². The largest absolute Gasteiger partial charge is 0.508 e. The zero-order valence-corrected chi connectivity index (χ0v) is 40.3. The van der Waals surface area contributed by atoms with Gasteiger partial charge in [-0.25, -0.2) is 23.7 Å². The molecule has 8 rings (SSSR count). The van der Waals surface area contributed by atoms with Crippen LogP contribution in [0.15, 0.2) is 115 Å². The number of amides is 1. The van der Waals surface area contributed by atoms with Crippen LogP contribution in [-0.4, -0.2) is 127 Å². The molecule has 21 heteroatoms. The molecule has 5 aromatic carbocycles. The summed E-state index contributed by atoms with van der Waals surface area (Å²) in [6.45, 7) is 3.55. The van der Waals surface area contributed by atoms with Gasteiger partial charge in [-0.2, -0.15) is 0 Å². The second-order valence-corrected chi connectivity index (χ2v) is 17.7. The van der Waals surface area contributed by atoms with Gasteiger partial charge in [0.2, 0.25) is 0 Å². The minimum Gasteiger partial charge on any atom is -0.490 e. The summed E-state index contributed by atoms with van der Waals surface area (Å²) in [7, 11) is 1.68.